The largest absolute Gasteiger partial charge is 0.328 e. The summed E-state index contributed by atoms with van der Waals surface area (Å²) in [7, 11) is 0. The minimum atomic E-state index is 0.0285. The van der Waals surface area contributed by atoms with Gasteiger partial charge >= 0.3 is 0 Å². The van der Waals surface area contributed by atoms with E-state index in [4.69, 9.17) is 0 Å². The van der Waals surface area contributed by atoms with Crippen molar-refractivity contribution in [1.29, 1.82) is 0 Å². The molecule has 0 N–H and O–H groups in total. The monoisotopic (exact) mass is 379 g/mol. The van der Waals surface area contributed by atoms with Crippen molar-refractivity contribution in [3.8, 4) is 5.69 Å². The quantitative estimate of drug-likeness (QED) is 0.481. The number of carbonyl (C=O) groups excluding carboxylic acids is 1. The highest BCUT2D eigenvalue weighted by atomic mass is 32.1. The molecule has 6 heteroatoms. The number of thiophene rings is 2. The molecule has 0 radical (unpaired) electrons. The molecule has 0 saturated heterocycles. The highest BCUT2D eigenvalue weighted by molar-refractivity contribution is 7.10. The molecule has 0 fully saturated rings. The van der Waals surface area contributed by atoms with Gasteiger partial charge in [-0.1, -0.05) is 18.2 Å². The third kappa shape index (κ3) is 3.76. The first-order chi connectivity index (χ1) is 12.8. The molecule has 3 aromatic heterocycles. The van der Waals surface area contributed by atoms with E-state index in [1.54, 1.807) is 33.6 Å². The van der Waals surface area contributed by atoms with Gasteiger partial charge in [-0.05, 0) is 47.2 Å². The Balaban J connectivity index is 1.62. The molecule has 0 aliphatic carbocycles. The zero-order valence-corrected chi connectivity index (χ0v) is 15.6. The molecule has 0 bridgehead atoms. The van der Waals surface area contributed by atoms with E-state index in [1.165, 1.54) is 9.75 Å². The van der Waals surface area contributed by atoms with Gasteiger partial charge in [0.1, 0.15) is 0 Å². The van der Waals surface area contributed by atoms with E-state index in [0.717, 1.165) is 5.69 Å². The van der Waals surface area contributed by atoms with Crippen molar-refractivity contribution in [1.82, 2.24) is 14.7 Å². The summed E-state index contributed by atoms with van der Waals surface area (Å²) in [6, 6.07) is 17.7. The third-order valence-electron chi connectivity index (χ3n) is 4.00. The van der Waals surface area contributed by atoms with Gasteiger partial charge in [0, 0.05) is 27.7 Å². The predicted molar refractivity (Wildman–Crippen MR) is 106 cm³/mol. The average Bonchev–Trinajstić information content (AvgIpc) is 3.43. The first-order valence-corrected chi connectivity index (χ1v) is 9.99. The molecular formula is C20H17N3OS2. The van der Waals surface area contributed by atoms with Crippen LogP contribution >= 0.6 is 22.7 Å². The van der Waals surface area contributed by atoms with E-state index in [1.807, 2.05) is 64.3 Å². The molecular weight excluding hydrogens is 362 g/mol. The second-order valence-electron chi connectivity index (χ2n) is 5.82. The lowest BCUT2D eigenvalue weighted by atomic mass is 10.1. The number of hydrogen-bond donors (Lipinski definition) is 0. The Morgan fingerprint density at radius 3 is 2.27 bits per heavy atom. The molecule has 0 aliphatic rings. The maximum absolute atomic E-state index is 13.2. The van der Waals surface area contributed by atoms with Gasteiger partial charge in [0.25, 0.3) is 5.91 Å². The van der Waals surface area contributed by atoms with Crippen LogP contribution in [-0.4, -0.2) is 20.6 Å². The predicted octanol–water partition coefficient (Wildman–Crippen LogP) is 4.84. The standard InChI is InChI=1S/C20H17N3OS2/c24-20(16-5-1-6-17(13-16)23-10-4-9-21-23)22(14-18-7-2-11-25-18)15-19-8-3-12-26-19/h1-13H,14-15H2. The molecule has 0 saturated carbocycles. The molecule has 130 valence electrons. The molecule has 3 heterocycles. The number of amides is 1. The Kier molecular flexibility index (Phi) is 4.95. The van der Waals surface area contributed by atoms with Crippen LogP contribution in [0.1, 0.15) is 20.1 Å². The molecule has 1 amide bonds. The van der Waals surface area contributed by atoms with Gasteiger partial charge < -0.3 is 4.90 Å². The van der Waals surface area contributed by atoms with Gasteiger partial charge in [-0.2, -0.15) is 5.10 Å². The molecule has 0 unspecified atom stereocenters. The van der Waals surface area contributed by atoms with E-state index in [-0.39, 0.29) is 5.91 Å². The molecule has 4 rings (SSSR count). The van der Waals surface area contributed by atoms with Crippen molar-refractivity contribution < 1.29 is 4.79 Å². The summed E-state index contributed by atoms with van der Waals surface area (Å²) in [6.45, 7) is 1.22. The summed E-state index contributed by atoms with van der Waals surface area (Å²) in [5, 5.41) is 8.33. The molecule has 4 nitrogen and oxygen atoms in total. The number of benzene rings is 1. The Labute approximate surface area is 160 Å². The highest BCUT2D eigenvalue weighted by Gasteiger charge is 2.18. The van der Waals surface area contributed by atoms with Crippen molar-refractivity contribution in [2.75, 3.05) is 0 Å². The van der Waals surface area contributed by atoms with Crippen LogP contribution < -0.4 is 0 Å². The summed E-state index contributed by atoms with van der Waals surface area (Å²) in [6.07, 6.45) is 3.60. The van der Waals surface area contributed by atoms with E-state index >= 15 is 0 Å². The molecule has 0 aliphatic heterocycles. The van der Waals surface area contributed by atoms with Crippen LogP contribution in [-0.2, 0) is 13.1 Å². The second-order valence-corrected chi connectivity index (χ2v) is 7.89. The topological polar surface area (TPSA) is 38.1 Å². The van der Waals surface area contributed by atoms with Crippen LogP contribution in [0.5, 0.6) is 0 Å². The van der Waals surface area contributed by atoms with E-state index in [0.29, 0.717) is 18.7 Å². The maximum atomic E-state index is 13.2. The summed E-state index contributed by atoms with van der Waals surface area (Å²) >= 11 is 3.35. The maximum Gasteiger partial charge on any atom is 0.254 e. The summed E-state index contributed by atoms with van der Waals surface area (Å²) in [5.74, 6) is 0.0285. The van der Waals surface area contributed by atoms with Crippen LogP contribution in [0.2, 0.25) is 0 Å². The van der Waals surface area contributed by atoms with Crippen LogP contribution in [0.15, 0.2) is 77.8 Å². The van der Waals surface area contributed by atoms with Crippen molar-refractivity contribution in [3.63, 3.8) is 0 Å². The molecule has 0 atom stereocenters. The lowest BCUT2D eigenvalue weighted by Gasteiger charge is -2.22. The third-order valence-corrected chi connectivity index (χ3v) is 5.73. The van der Waals surface area contributed by atoms with Gasteiger partial charge in [-0.15, -0.1) is 22.7 Å². The highest BCUT2D eigenvalue weighted by Crippen LogP contribution is 2.20. The lowest BCUT2D eigenvalue weighted by molar-refractivity contribution is 0.0733. The second kappa shape index (κ2) is 7.68. The van der Waals surface area contributed by atoms with Gasteiger partial charge in [-0.3, -0.25) is 4.79 Å². The van der Waals surface area contributed by atoms with Gasteiger partial charge in [0.15, 0.2) is 0 Å². The van der Waals surface area contributed by atoms with Gasteiger partial charge in [0.05, 0.1) is 18.8 Å². The smallest absolute Gasteiger partial charge is 0.254 e. The Bertz CT molecular complexity index is 924. The Morgan fingerprint density at radius 2 is 1.69 bits per heavy atom. The van der Waals surface area contributed by atoms with E-state index in [2.05, 4.69) is 17.2 Å². The van der Waals surface area contributed by atoms with E-state index < -0.39 is 0 Å². The summed E-state index contributed by atoms with van der Waals surface area (Å²) < 4.78 is 1.76. The number of rotatable bonds is 6. The molecule has 26 heavy (non-hydrogen) atoms. The number of nitrogens with zero attached hydrogens (tertiary/aromatic N) is 3. The van der Waals surface area contributed by atoms with Crippen LogP contribution in [0.3, 0.4) is 0 Å². The Morgan fingerprint density at radius 1 is 0.962 bits per heavy atom. The minimum Gasteiger partial charge on any atom is -0.328 e. The van der Waals surface area contributed by atoms with Crippen molar-refractivity contribution in [3.05, 3.63) is 93.1 Å². The normalized spacial score (nSPS) is 10.8. The van der Waals surface area contributed by atoms with Crippen molar-refractivity contribution in [2.24, 2.45) is 0 Å². The molecule has 4 aromatic rings. The first-order valence-electron chi connectivity index (χ1n) is 8.24. The SMILES string of the molecule is O=C(c1cccc(-n2cccn2)c1)N(Cc1cccs1)Cc1cccs1. The Hall–Kier alpha value is -2.70. The number of carbonyl (C=O) groups is 1. The van der Waals surface area contributed by atoms with Crippen LogP contribution in [0, 0.1) is 0 Å². The van der Waals surface area contributed by atoms with E-state index in [9.17, 15) is 4.79 Å². The summed E-state index contributed by atoms with van der Waals surface area (Å²) in [4.78, 5) is 17.5. The average molecular weight is 380 g/mol. The minimum absolute atomic E-state index is 0.0285. The lowest BCUT2D eigenvalue weighted by Crippen LogP contribution is -2.29. The fraction of sp³-hybridized carbons (Fsp3) is 0.100. The molecule has 1 aromatic carbocycles. The van der Waals surface area contributed by atoms with Crippen LogP contribution in [0.25, 0.3) is 5.69 Å². The van der Waals surface area contributed by atoms with Gasteiger partial charge in [-0.25, -0.2) is 4.68 Å². The first kappa shape index (κ1) is 16.8. The van der Waals surface area contributed by atoms with Crippen molar-refractivity contribution in [2.45, 2.75) is 13.1 Å². The molecule has 0 spiro atoms. The number of hydrogen-bond acceptors (Lipinski definition) is 4. The fourth-order valence-electron chi connectivity index (χ4n) is 2.77. The van der Waals surface area contributed by atoms with Gasteiger partial charge in [0.2, 0.25) is 0 Å². The zero-order chi connectivity index (χ0) is 17.8. The fourth-order valence-corrected chi connectivity index (χ4v) is 4.21. The number of aromatic nitrogens is 2. The van der Waals surface area contributed by atoms with Crippen molar-refractivity contribution >= 4 is 28.6 Å². The summed E-state index contributed by atoms with van der Waals surface area (Å²) in [5.41, 5.74) is 1.55. The zero-order valence-electron chi connectivity index (χ0n) is 14.0. The van der Waals surface area contributed by atoms with Crippen LogP contribution in [0.4, 0.5) is 0 Å².